The molecule has 12 atom stereocenters. The molecule has 0 aromatic carbocycles. The molecule has 0 aliphatic carbocycles. The summed E-state index contributed by atoms with van der Waals surface area (Å²) in [6.07, 6.45) is 41.6. The molecule has 1 amide bonds. The van der Waals surface area contributed by atoms with E-state index in [1.807, 2.05) is 18.2 Å². The van der Waals surface area contributed by atoms with Crippen molar-refractivity contribution < 1.29 is 64.6 Å². The molecule has 2 aliphatic heterocycles. The van der Waals surface area contributed by atoms with E-state index in [0.717, 1.165) is 44.9 Å². The molecule has 9 N–H and O–H groups in total. The number of ether oxygens (including phenoxy) is 4. The highest BCUT2D eigenvalue weighted by atomic mass is 16.7. The van der Waals surface area contributed by atoms with Crippen molar-refractivity contribution in [2.24, 2.45) is 0 Å². The molecule has 74 heavy (non-hydrogen) atoms. The summed E-state index contributed by atoms with van der Waals surface area (Å²) in [5.41, 5.74) is 0. The van der Waals surface area contributed by atoms with Crippen LogP contribution in [0.3, 0.4) is 0 Å². The molecule has 0 aromatic rings. The molecular formula is C60H107NO13. The first-order valence-electron chi connectivity index (χ1n) is 29.5. The maximum absolute atomic E-state index is 13.2. The predicted octanol–water partition coefficient (Wildman–Crippen LogP) is 9.78. The maximum atomic E-state index is 13.2. The van der Waals surface area contributed by atoms with E-state index in [-0.39, 0.29) is 18.9 Å². The number of carbonyl (C=O) groups excluding carboxylic acids is 1. The molecule has 2 heterocycles. The van der Waals surface area contributed by atoms with Gasteiger partial charge in [-0.15, -0.1) is 0 Å². The number of nitrogens with one attached hydrogen (secondary N) is 1. The highest BCUT2D eigenvalue weighted by Crippen LogP contribution is 2.30. The van der Waals surface area contributed by atoms with Crippen LogP contribution in [0.15, 0.2) is 60.8 Å². The van der Waals surface area contributed by atoms with Gasteiger partial charge < -0.3 is 65.1 Å². The van der Waals surface area contributed by atoms with Gasteiger partial charge >= 0.3 is 0 Å². The van der Waals surface area contributed by atoms with Gasteiger partial charge in [0, 0.05) is 6.42 Å². The van der Waals surface area contributed by atoms with Crippen molar-refractivity contribution in [1.29, 1.82) is 0 Å². The molecule has 2 rings (SSSR count). The van der Waals surface area contributed by atoms with Crippen molar-refractivity contribution in [2.75, 3.05) is 19.8 Å². The minimum atomic E-state index is -1.80. The SMILES string of the molecule is CC/C=C\C/C=C\C/C=C\C/C=C\CCC(=O)NC(COC1OC(CO)C(OC2OC(CO)C(O)C(O)C2O)C(O)C1O)C(O)/C=C/CCCCCCCCCCCCCCCCCCCCCCCCCCC. The zero-order valence-corrected chi connectivity index (χ0v) is 46.1. The van der Waals surface area contributed by atoms with Gasteiger partial charge in [0.05, 0.1) is 32.0 Å². The summed E-state index contributed by atoms with van der Waals surface area (Å²) in [6.45, 7) is 2.63. The predicted molar refractivity (Wildman–Crippen MR) is 295 cm³/mol. The van der Waals surface area contributed by atoms with Gasteiger partial charge in [0.2, 0.25) is 5.91 Å². The number of aliphatic hydroxyl groups is 8. The molecular weight excluding hydrogens is 943 g/mol. The van der Waals surface area contributed by atoms with E-state index in [1.54, 1.807) is 6.08 Å². The van der Waals surface area contributed by atoms with Crippen LogP contribution in [0.4, 0.5) is 0 Å². The van der Waals surface area contributed by atoms with Gasteiger partial charge in [0.15, 0.2) is 12.6 Å². The third-order valence-electron chi connectivity index (χ3n) is 14.2. The first-order chi connectivity index (χ1) is 36.1. The van der Waals surface area contributed by atoms with Crippen molar-refractivity contribution in [3.8, 4) is 0 Å². The maximum Gasteiger partial charge on any atom is 0.220 e. The Balaban J connectivity index is 1.74. The van der Waals surface area contributed by atoms with Gasteiger partial charge in [0.1, 0.15) is 48.8 Å². The molecule has 0 saturated carbocycles. The Morgan fingerprint density at radius 3 is 1.41 bits per heavy atom. The Kier molecular flexibility index (Phi) is 41.9. The molecule has 14 nitrogen and oxygen atoms in total. The van der Waals surface area contributed by atoms with Crippen LogP contribution in [0.25, 0.3) is 0 Å². The highest BCUT2D eigenvalue weighted by Gasteiger charge is 2.51. The number of amides is 1. The summed E-state index contributed by atoms with van der Waals surface area (Å²) in [4.78, 5) is 13.2. The number of hydrogen-bond acceptors (Lipinski definition) is 13. The molecule has 2 aliphatic rings. The van der Waals surface area contributed by atoms with Crippen LogP contribution < -0.4 is 5.32 Å². The lowest BCUT2D eigenvalue weighted by molar-refractivity contribution is -0.359. The summed E-state index contributed by atoms with van der Waals surface area (Å²) in [6, 6.07) is -0.955. The fraction of sp³-hybridized carbons (Fsp3) is 0.817. The molecule has 12 unspecified atom stereocenters. The highest BCUT2D eigenvalue weighted by molar-refractivity contribution is 5.76. The van der Waals surface area contributed by atoms with Crippen LogP contribution in [-0.4, -0.2) is 140 Å². The van der Waals surface area contributed by atoms with Crippen molar-refractivity contribution in [1.82, 2.24) is 5.32 Å². The molecule has 2 fully saturated rings. The van der Waals surface area contributed by atoms with Crippen molar-refractivity contribution in [2.45, 2.75) is 293 Å². The summed E-state index contributed by atoms with van der Waals surface area (Å²) in [7, 11) is 0. The summed E-state index contributed by atoms with van der Waals surface area (Å²) in [5, 5.41) is 86.9. The van der Waals surface area contributed by atoms with E-state index in [1.165, 1.54) is 148 Å². The monoisotopic (exact) mass is 1050 g/mol. The molecule has 430 valence electrons. The Bertz CT molecular complexity index is 1470. The fourth-order valence-corrected chi connectivity index (χ4v) is 9.48. The second-order valence-electron chi connectivity index (χ2n) is 20.7. The lowest BCUT2D eigenvalue weighted by atomic mass is 9.97. The third kappa shape index (κ3) is 31.2. The van der Waals surface area contributed by atoms with Gasteiger partial charge in [-0.05, 0) is 44.9 Å². The Morgan fingerprint density at radius 1 is 0.500 bits per heavy atom. The molecule has 0 aromatic heterocycles. The van der Waals surface area contributed by atoms with Crippen LogP contribution in [0.1, 0.15) is 219 Å². The molecule has 14 heteroatoms. The normalized spacial score (nSPS) is 25.6. The van der Waals surface area contributed by atoms with Crippen molar-refractivity contribution >= 4 is 5.91 Å². The van der Waals surface area contributed by atoms with E-state index in [2.05, 4.69) is 55.6 Å². The van der Waals surface area contributed by atoms with Gasteiger partial charge in [-0.2, -0.15) is 0 Å². The van der Waals surface area contributed by atoms with E-state index in [0.29, 0.717) is 6.42 Å². The zero-order chi connectivity index (χ0) is 53.9. The van der Waals surface area contributed by atoms with Crippen LogP contribution in [0, 0.1) is 0 Å². The smallest absolute Gasteiger partial charge is 0.220 e. The number of unbranched alkanes of at least 4 members (excludes halogenated alkanes) is 25. The van der Waals surface area contributed by atoms with Gasteiger partial charge in [-0.25, -0.2) is 0 Å². The molecule has 0 radical (unpaired) electrons. The van der Waals surface area contributed by atoms with E-state index in [9.17, 15) is 45.6 Å². The number of rotatable bonds is 46. The van der Waals surface area contributed by atoms with Gasteiger partial charge in [-0.3, -0.25) is 4.79 Å². The van der Waals surface area contributed by atoms with Crippen LogP contribution in [-0.2, 0) is 23.7 Å². The Hall–Kier alpha value is -2.31. The van der Waals surface area contributed by atoms with E-state index in [4.69, 9.17) is 18.9 Å². The minimum absolute atomic E-state index is 0.158. The lowest BCUT2D eigenvalue weighted by Crippen LogP contribution is -2.65. The first-order valence-corrected chi connectivity index (χ1v) is 29.5. The van der Waals surface area contributed by atoms with E-state index < -0.39 is 86.8 Å². The zero-order valence-electron chi connectivity index (χ0n) is 46.1. The van der Waals surface area contributed by atoms with Crippen LogP contribution in [0.2, 0.25) is 0 Å². The summed E-state index contributed by atoms with van der Waals surface area (Å²) < 4.78 is 22.7. The summed E-state index contributed by atoms with van der Waals surface area (Å²) in [5.74, 6) is -0.319. The fourth-order valence-electron chi connectivity index (χ4n) is 9.48. The average molecular weight is 1050 g/mol. The minimum Gasteiger partial charge on any atom is -0.394 e. The number of carbonyl (C=O) groups is 1. The summed E-state index contributed by atoms with van der Waals surface area (Å²) >= 11 is 0. The quantitative estimate of drug-likeness (QED) is 0.0205. The largest absolute Gasteiger partial charge is 0.394 e. The van der Waals surface area contributed by atoms with Gasteiger partial charge in [0.25, 0.3) is 0 Å². The molecule has 0 bridgehead atoms. The van der Waals surface area contributed by atoms with Crippen molar-refractivity contribution in [3.05, 3.63) is 60.8 Å². The van der Waals surface area contributed by atoms with Gasteiger partial charge in [-0.1, -0.05) is 229 Å². The number of hydrogen-bond donors (Lipinski definition) is 9. The second kappa shape index (κ2) is 45.7. The third-order valence-corrected chi connectivity index (χ3v) is 14.2. The molecule has 0 spiro atoms. The second-order valence-corrected chi connectivity index (χ2v) is 20.7. The Labute approximate surface area is 447 Å². The molecule has 2 saturated heterocycles. The first kappa shape index (κ1) is 67.8. The standard InChI is InChI=1S/C60H107NO13/c1-3-5-7-9-11-13-15-17-18-19-20-21-22-23-24-25-26-27-28-29-30-32-33-35-37-39-41-43-49(64)48(61-52(65)44-42-40-38-36-34-31-16-14-12-10-8-6-4-2)47-71-59-57(70)55(68)58(51(46-63)73-59)74-60-56(69)54(67)53(66)50(45-62)72-60/h6,8,12,14,31,34,38,40-41,43,48-51,53-60,62-64,66-70H,3-5,7,9-11,13,15-30,32-33,35-37,39,42,44-47H2,1-2H3,(H,61,65)/b8-6-,14-12-,34-31-,40-38-,43-41+. The van der Waals surface area contributed by atoms with E-state index >= 15 is 0 Å². The number of allylic oxidation sites excluding steroid dienone is 9. The van der Waals surface area contributed by atoms with Crippen LogP contribution in [0.5, 0.6) is 0 Å². The average Bonchev–Trinajstić information content (AvgIpc) is 3.40. The number of aliphatic hydroxyl groups excluding tert-OH is 8. The lowest BCUT2D eigenvalue weighted by Gasteiger charge is -2.46. The van der Waals surface area contributed by atoms with Crippen LogP contribution >= 0.6 is 0 Å². The topological polar surface area (TPSA) is 228 Å². The van der Waals surface area contributed by atoms with Crippen molar-refractivity contribution in [3.63, 3.8) is 0 Å². The Morgan fingerprint density at radius 2 is 0.932 bits per heavy atom.